The molecule has 1 aliphatic carbocycles. The molecular formula is C8H14O2. The summed E-state index contributed by atoms with van der Waals surface area (Å²) in [7, 11) is 1.80. The van der Waals surface area contributed by atoms with Crippen LogP contribution >= 0.6 is 0 Å². The molecule has 2 atom stereocenters. The first-order valence-corrected chi connectivity index (χ1v) is 4.01. The molecule has 0 amide bonds. The van der Waals surface area contributed by atoms with Gasteiger partial charge in [0.15, 0.2) is 0 Å². The van der Waals surface area contributed by atoms with Crippen LogP contribution in [-0.2, 0) is 9.47 Å². The number of hydrogen-bond donors (Lipinski definition) is 0. The standard InChI is InChI=1S/C8H14O2/c1-9-7-3-2-4-8(5-7)6-10-8/h7H,2-6H2,1H3. The van der Waals surface area contributed by atoms with E-state index in [1.807, 2.05) is 0 Å². The molecule has 0 aromatic carbocycles. The van der Waals surface area contributed by atoms with E-state index in [1.165, 1.54) is 19.3 Å². The zero-order valence-electron chi connectivity index (χ0n) is 6.43. The number of epoxide rings is 1. The van der Waals surface area contributed by atoms with E-state index in [2.05, 4.69) is 0 Å². The summed E-state index contributed by atoms with van der Waals surface area (Å²) in [6.07, 6.45) is 5.35. The Morgan fingerprint density at radius 2 is 2.40 bits per heavy atom. The molecule has 1 aliphatic heterocycles. The number of rotatable bonds is 1. The van der Waals surface area contributed by atoms with Gasteiger partial charge in [-0.2, -0.15) is 0 Å². The highest BCUT2D eigenvalue weighted by atomic mass is 16.6. The average molecular weight is 142 g/mol. The van der Waals surface area contributed by atoms with Crippen molar-refractivity contribution < 1.29 is 9.47 Å². The molecule has 58 valence electrons. The van der Waals surface area contributed by atoms with E-state index >= 15 is 0 Å². The van der Waals surface area contributed by atoms with E-state index in [9.17, 15) is 0 Å². The molecule has 0 N–H and O–H groups in total. The first-order chi connectivity index (χ1) is 4.85. The van der Waals surface area contributed by atoms with Crippen molar-refractivity contribution >= 4 is 0 Å². The summed E-state index contributed by atoms with van der Waals surface area (Å²) < 4.78 is 10.7. The number of methoxy groups -OCH3 is 1. The molecule has 1 spiro atoms. The predicted octanol–water partition coefficient (Wildman–Crippen LogP) is 1.34. The molecule has 2 heteroatoms. The Hall–Kier alpha value is -0.0800. The fourth-order valence-corrected chi connectivity index (χ4v) is 1.84. The molecule has 2 unspecified atom stereocenters. The second kappa shape index (κ2) is 2.21. The van der Waals surface area contributed by atoms with Gasteiger partial charge in [-0.25, -0.2) is 0 Å². The SMILES string of the molecule is COC1CCCC2(CO2)C1. The van der Waals surface area contributed by atoms with Crippen LogP contribution in [0, 0.1) is 0 Å². The quantitative estimate of drug-likeness (QED) is 0.515. The van der Waals surface area contributed by atoms with E-state index in [4.69, 9.17) is 9.47 Å². The van der Waals surface area contributed by atoms with Gasteiger partial charge in [-0.1, -0.05) is 0 Å². The lowest BCUT2D eigenvalue weighted by Gasteiger charge is -2.25. The van der Waals surface area contributed by atoms with Gasteiger partial charge in [0.2, 0.25) is 0 Å². The summed E-state index contributed by atoms with van der Waals surface area (Å²) in [6, 6.07) is 0. The molecule has 1 saturated carbocycles. The predicted molar refractivity (Wildman–Crippen MR) is 37.9 cm³/mol. The minimum absolute atomic E-state index is 0.277. The highest BCUT2D eigenvalue weighted by Crippen LogP contribution is 2.42. The van der Waals surface area contributed by atoms with Crippen molar-refractivity contribution in [3.8, 4) is 0 Å². The van der Waals surface area contributed by atoms with E-state index in [0.29, 0.717) is 6.10 Å². The van der Waals surface area contributed by atoms with E-state index in [1.54, 1.807) is 7.11 Å². The van der Waals surface area contributed by atoms with Gasteiger partial charge in [0, 0.05) is 13.5 Å². The molecule has 2 fully saturated rings. The number of hydrogen-bond acceptors (Lipinski definition) is 2. The maximum Gasteiger partial charge on any atom is 0.0941 e. The lowest BCUT2D eigenvalue weighted by atomic mass is 9.87. The Morgan fingerprint density at radius 1 is 1.60 bits per heavy atom. The summed E-state index contributed by atoms with van der Waals surface area (Å²) in [4.78, 5) is 0. The topological polar surface area (TPSA) is 21.8 Å². The summed E-state index contributed by atoms with van der Waals surface area (Å²) in [5.74, 6) is 0. The van der Waals surface area contributed by atoms with Crippen LogP contribution in [-0.4, -0.2) is 25.4 Å². The van der Waals surface area contributed by atoms with E-state index in [0.717, 1.165) is 13.0 Å². The molecule has 1 heterocycles. The molecule has 2 nitrogen and oxygen atoms in total. The minimum atomic E-state index is 0.277. The molecule has 0 aromatic heterocycles. The van der Waals surface area contributed by atoms with Gasteiger partial charge >= 0.3 is 0 Å². The van der Waals surface area contributed by atoms with E-state index in [-0.39, 0.29) is 5.60 Å². The van der Waals surface area contributed by atoms with Gasteiger partial charge in [-0.3, -0.25) is 0 Å². The zero-order valence-corrected chi connectivity index (χ0v) is 6.43. The van der Waals surface area contributed by atoms with Gasteiger partial charge in [-0.05, 0) is 19.3 Å². The Labute approximate surface area is 61.5 Å². The van der Waals surface area contributed by atoms with Crippen LogP contribution in [0.15, 0.2) is 0 Å². The monoisotopic (exact) mass is 142 g/mol. The van der Waals surface area contributed by atoms with Crippen molar-refractivity contribution in [3.05, 3.63) is 0 Å². The fourth-order valence-electron chi connectivity index (χ4n) is 1.84. The van der Waals surface area contributed by atoms with Gasteiger partial charge in [0.25, 0.3) is 0 Å². The van der Waals surface area contributed by atoms with Crippen LogP contribution in [0.1, 0.15) is 25.7 Å². The summed E-state index contributed by atoms with van der Waals surface area (Å²) in [6.45, 7) is 0.979. The molecule has 0 radical (unpaired) electrons. The Balaban J connectivity index is 1.91. The van der Waals surface area contributed by atoms with Crippen molar-refractivity contribution in [2.75, 3.05) is 13.7 Å². The second-order valence-corrected chi connectivity index (χ2v) is 3.43. The van der Waals surface area contributed by atoms with Crippen molar-refractivity contribution in [1.82, 2.24) is 0 Å². The third kappa shape index (κ3) is 1.06. The lowest BCUT2D eigenvalue weighted by Crippen LogP contribution is -2.27. The van der Waals surface area contributed by atoms with Crippen molar-refractivity contribution in [3.63, 3.8) is 0 Å². The largest absolute Gasteiger partial charge is 0.381 e. The molecule has 0 bridgehead atoms. The third-order valence-electron chi connectivity index (χ3n) is 2.64. The van der Waals surface area contributed by atoms with Crippen LogP contribution in [0.2, 0.25) is 0 Å². The zero-order chi connectivity index (χ0) is 7.03. The normalized spacial score (nSPS) is 45.9. The van der Waals surface area contributed by atoms with Crippen LogP contribution in [0.4, 0.5) is 0 Å². The van der Waals surface area contributed by atoms with Crippen LogP contribution in [0.25, 0.3) is 0 Å². The summed E-state index contributed by atoms with van der Waals surface area (Å²) in [5.41, 5.74) is 0.277. The maximum atomic E-state index is 5.39. The Morgan fingerprint density at radius 3 is 3.00 bits per heavy atom. The minimum Gasteiger partial charge on any atom is -0.381 e. The van der Waals surface area contributed by atoms with E-state index < -0.39 is 0 Å². The molecular weight excluding hydrogens is 128 g/mol. The van der Waals surface area contributed by atoms with Gasteiger partial charge < -0.3 is 9.47 Å². The van der Waals surface area contributed by atoms with Crippen LogP contribution < -0.4 is 0 Å². The number of ether oxygens (including phenoxy) is 2. The van der Waals surface area contributed by atoms with Gasteiger partial charge in [-0.15, -0.1) is 0 Å². The van der Waals surface area contributed by atoms with Crippen molar-refractivity contribution in [1.29, 1.82) is 0 Å². The first-order valence-electron chi connectivity index (χ1n) is 4.01. The highest BCUT2D eigenvalue weighted by Gasteiger charge is 2.47. The van der Waals surface area contributed by atoms with Crippen molar-refractivity contribution in [2.45, 2.75) is 37.4 Å². The summed E-state index contributed by atoms with van der Waals surface area (Å²) in [5, 5.41) is 0. The smallest absolute Gasteiger partial charge is 0.0941 e. The first kappa shape index (κ1) is 6.62. The maximum absolute atomic E-state index is 5.39. The van der Waals surface area contributed by atoms with Gasteiger partial charge in [0.1, 0.15) is 0 Å². The second-order valence-electron chi connectivity index (χ2n) is 3.43. The molecule has 1 saturated heterocycles. The van der Waals surface area contributed by atoms with Gasteiger partial charge in [0.05, 0.1) is 18.3 Å². The molecule has 2 rings (SSSR count). The van der Waals surface area contributed by atoms with Crippen molar-refractivity contribution in [2.24, 2.45) is 0 Å². The summed E-state index contributed by atoms with van der Waals surface area (Å²) >= 11 is 0. The fraction of sp³-hybridized carbons (Fsp3) is 1.00. The molecule has 10 heavy (non-hydrogen) atoms. The Bertz CT molecular complexity index is 129. The third-order valence-corrected chi connectivity index (χ3v) is 2.64. The lowest BCUT2D eigenvalue weighted by molar-refractivity contribution is 0.0390. The Kier molecular flexibility index (Phi) is 1.46. The molecule has 2 aliphatic rings. The van der Waals surface area contributed by atoms with Crippen LogP contribution in [0.5, 0.6) is 0 Å². The van der Waals surface area contributed by atoms with Crippen LogP contribution in [0.3, 0.4) is 0 Å². The highest BCUT2D eigenvalue weighted by molar-refractivity contribution is 4.97. The average Bonchev–Trinajstić information content (AvgIpc) is 2.70. The molecule has 0 aromatic rings.